The second kappa shape index (κ2) is 5.42. The number of rotatable bonds is 2. The predicted octanol–water partition coefficient (Wildman–Crippen LogP) is 3.57. The molecule has 0 radical (unpaired) electrons. The van der Waals surface area contributed by atoms with Gasteiger partial charge in [-0.05, 0) is 46.3 Å². The normalized spacial score (nSPS) is 10.3. The maximum atomic E-state index is 13.2. The molecule has 3 aromatic rings. The molecule has 0 atom stereocenters. The molecule has 3 rings (SSSR count). The van der Waals surface area contributed by atoms with Gasteiger partial charge in [-0.15, -0.1) is 0 Å². The fourth-order valence-corrected chi connectivity index (χ4v) is 2.05. The van der Waals surface area contributed by atoms with Crippen molar-refractivity contribution in [3.8, 4) is 29.0 Å². The topological polar surface area (TPSA) is 75.6 Å². The summed E-state index contributed by atoms with van der Waals surface area (Å²) in [5.74, 6) is 0.197. The standard InChI is InChI=1S/C14H6BrFN4O/c15-10-5-9(2-3-11(10)16)13-19-14(21-20-13)12-4-1-8(6-17)7-18-12/h1-5,7H. The first-order valence-electron chi connectivity index (χ1n) is 5.83. The summed E-state index contributed by atoms with van der Waals surface area (Å²) in [5.41, 5.74) is 1.53. The summed E-state index contributed by atoms with van der Waals surface area (Å²) in [7, 11) is 0. The van der Waals surface area contributed by atoms with E-state index in [1.54, 1.807) is 24.3 Å². The second-order valence-electron chi connectivity index (χ2n) is 4.10. The van der Waals surface area contributed by atoms with Gasteiger partial charge in [-0.25, -0.2) is 9.37 Å². The summed E-state index contributed by atoms with van der Waals surface area (Å²) in [6.07, 6.45) is 1.42. The van der Waals surface area contributed by atoms with Crippen LogP contribution in [0.25, 0.3) is 23.0 Å². The van der Waals surface area contributed by atoms with Gasteiger partial charge >= 0.3 is 0 Å². The van der Waals surface area contributed by atoms with E-state index in [-0.39, 0.29) is 11.7 Å². The molecule has 0 N–H and O–H groups in total. The summed E-state index contributed by atoms with van der Waals surface area (Å²) in [6.45, 7) is 0. The summed E-state index contributed by atoms with van der Waals surface area (Å²) in [4.78, 5) is 8.28. The van der Waals surface area contributed by atoms with E-state index in [2.05, 4.69) is 31.1 Å². The fourth-order valence-electron chi connectivity index (χ4n) is 1.67. The van der Waals surface area contributed by atoms with Crippen molar-refractivity contribution in [3.05, 3.63) is 52.4 Å². The van der Waals surface area contributed by atoms with Gasteiger partial charge < -0.3 is 4.52 Å². The Morgan fingerprint density at radius 1 is 1.24 bits per heavy atom. The van der Waals surface area contributed by atoms with Crippen molar-refractivity contribution in [2.45, 2.75) is 0 Å². The van der Waals surface area contributed by atoms with Crippen LogP contribution in [0.3, 0.4) is 0 Å². The molecule has 0 amide bonds. The largest absolute Gasteiger partial charge is 0.332 e. The Hall–Kier alpha value is -2.59. The van der Waals surface area contributed by atoms with Gasteiger partial charge in [0.2, 0.25) is 5.82 Å². The first-order chi connectivity index (χ1) is 10.2. The Labute approximate surface area is 127 Å². The number of nitriles is 1. The quantitative estimate of drug-likeness (QED) is 0.710. The van der Waals surface area contributed by atoms with Crippen LogP contribution in [0.1, 0.15) is 5.56 Å². The molecule has 7 heteroatoms. The van der Waals surface area contributed by atoms with Crippen molar-refractivity contribution in [3.63, 3.8) is 0 Å². The molecule has 102 valence electrons. The lowest BCUT2D eigenvalue weighted by molar-refractivity contribution is 0.431. The minimum Gasteiger partial charge on any atom is -0.332 e. The SMILES string of the molecule is N#Cc1ccc(-c2nc(-c3ccc(F)c(Br)c3)no2)nc1. The maximum Gasteiger partial charge on any atom is 0.276 e. The monoisotopic (exact) mass is 344 g/mol. The van der Waals surface area contributed by atoms with Crippen LogP contribution in [-0.4, -0.2) is 15.1 Å². The molecule has 0 unspecified atom stereocenters. The molecule has 1 aromatic carbocycles. The molecule has 0 fully saturated rings. The molecule has 0 saturated carbocycles. The number of hydrogen-bond donors (Lipinski definition) is 0. The van der Waals surface area contributed by atoms with E-state index in [0.29, 0.717) is 27.1 Å². The number of pyridine rings is 1. The van der Waals surface area contributed by atoms with E-state index in [0.717, 1.165) is 0 Å². The van der Waals surface area contributed by atoms with E-state index in [9.17, 15) is 4.39 Å². The predicted molar refractivity (Wildman–Crippen MR) is 75.3 cm³/mol. The van der Waals surface area contributed by atoms with Crippen LogP contribution in [-0.2, 0) is 0 Å². The molecule has 0 aliphatic carbocycles. The Kier molecular flexibility index (Phi) is 3.46. The van der Waals surface area contributed by atoms with Crippen LogP contribution < -0.4 is 0 Å². The highest BCUT2D eigenvalue weighted by molar-refractivity contribution is 9.10. The zero-order valence-electron chi connectivity index (χ0n) is 10.4. The van der Waals surface area contributed by atoms with Crippen molar-refractivity contribution >= 4 is 15.9 Å². The third kappa shape index (κ3) is 2.66. The molecule has 0 aliphatic rings. The Morgan fingerprint density at radius 2 is 2.10 bits per heavy atom. The molecule has 2 aromatic heterocycles. The molecule has 21 heavy (non-hydrogen) atoms. The minimum absolute atomic E-state index is 0.231. The summed E-state index contributed by atoms with van der Waals surface area (Å²) >= 11 is 3.11. The first-order valence-corrected chi connectivity index (χ1v) is 6.62. The van der Waals surface area contributed by atoms with Crippen LogP contribution in [0.2, 0.25) is 0 Å². The van der Waals surface area contributed by atoms with Crippen LogP contribution in [0.5, 0.6) is 0 Å². The molecule has 5 nitrogen and oxygen atoms in total. The van der Waals surface area contributed by atoms with Gasteiger partial charge in [-0.3, -0.25) is 0 Å². The number of benzene rings is 1. The van der Waals surface area contributed by atoms with Gasteiger partial charge in [0.1, 0.15) is 17.6 Å². The van der Waals surface area contributed by atoms with Crippen LogP contribution in [0, 0.1) is 17.1 Å². The number of aromatic nitrogens is 3. The third-order valence-electron chi connectivity index (χ3n) is 2.72. The zero-order chi connectivity index (χ0) is 14.8. The van der Waals surface area contributed by atoms with E-state index in [1.807, 2.05) is 6.07 Å². The Balaban J connectivity index is 1.95. The molecule has 0 spiro atoms. The second-order valence-corrected chi connectivity index (χ2v) is 4.95. The Bertz CT molecular complexity index is 839. The zero-order valence-corrected chi connectivity index (χ0v) is 12.0. The first kappa shape index (κ1) is 13.4. The molecule has 0 bridgehead atoms. The average Bonchev–Trinajstić information content (AvgIpc) is 3.00. The van der Waals surface area contributed by atoms with Crippen molar-refractivity contribution in [1.82, 2.24) is 15.1 Å². The molecule has 2 heterocycles. The molecule has 0 aliphatic heterocycles. The summed E-state index contributed by atoms with van der Waals surface area (Å²) in [5, 5.41) is 12.6. The number of hydrogen-bond acceptors (Lipinski definition) is 5. The van der Waals surface area contributed by atoms with E-state index < -0.39 is 0 Å². The smallest absolute Gasteiger partial charge is 0.276 e. The van der Waals surface area contributed by atoms with Crippen molar-refractivity contribution in [2.24, 2.45) is 0 Å². The number of nitrogens with zero attached hydrogens (tertiary/aromatic N) is 4. The third-order valence-corrected chi connectivity index (χ3v) is 3.32. The van der Waals surface area contributed by atoms with Gasteiger partial charge in [0.25, 0.3) is 5.89 Å². The van der Waals surface area contributed by atoms with E-state index >= 15 is 0 Å². The van der Waals surface area contributed by atoms with E-state index in [1.165, 1.54) is 12.3 Å². The fraction of sp³-hybridized carbons (Fsp3) is 0. The lowest BCUT2D eigenvalue weighted by atomic mass is 10.2. The van der Waals surface area contributed by atoms with Crippen molar-refractivity contribution < 1.29 is 8.91 Å². The van der Waals surface area contributed by atoms with Crippen LogP contribution >= 0.6 is 15.9 Å². The minimum atomic E-state index is -0.365. The average molecular weight is 345 g/mol. The molecular formula is C14H6BrFN4O. The van der Waals surface area contributed by atoms with Gasteiger partial charge in [0.15, 0.2) is 0 Å². The van der Waals surface area contributed by atoms with Crippen molar-refractivity contribution in [1.29, 1.82) is 5.26 Å². The van der Waals surface area contributed by atoms with Crippen LogP contribution in [0.4, 0.5) is 4.39 Å². The summed E-state index contributed by atoms with van der Waals surface area (Å²) in [6, 6.07) is 9.65. The highest BCUT2D eigenvalue weighted by atomic mass is 79.9. The van der Waals surface area contributed by atoms with Gasteiger partial charge in [-0.1, -0.05) is 5.16 Å². The molecular weight excluding hydrogens is 339 g/mol. The number of halogens is 2. The van der Waals surface area contributed by atoms with Crippen LogP contribution in [0.15, 0.2) is 45.5 Å². The van der Waals surface area contributed by atoms with Gasteiger partial charge in [0.05, 0.1) is 10.0 Å². The highest BCUT2D eigenvalue weighted by Crippen LogP contribution is 2.25. The van der Waals surface area contributed by atoms with E-state index in [4.69, 9.17) is 9.78 Å². The van der Waals surface area contributed by atoms with Gasteiger partial charge in [-0.2, -0.15) is 10.2 Å². The maximum absolute atomic E-state index is 13.2. The summed E-state index contributed by atoms with van der Waals surface area (Å²) < 4.78 is 18.7. The van der Waals surface area contributed by atoms with Gasteiger partial charge in [0, 0.05) is 11.8 Å². The lowest BCUT2D eigenvalue weighted by Crippen LogP contribution is -1.86. The Morgan fingerprint density at radius 3 is 2.76 bits per heavy atom. The molecule has 0 saturated heterocycles. The highest BCUT2D eigenvalue weighted by Gasteiger charge is 2.12. The lowest BCUT2D eigenvalue weighted by Gasteiger charge is -1.96. The van der Waals surface area contributed by atoms with Crippen molar-refractivity contribution in [2.75, 3.05) is 0 Å².